The summed E-state index contributed by atoms with van der Waals surface area (Å²) in [5, 5.41) is 2.48. The Morgan fingerprint density at radius 2 is 2.15 bits per heavy atom. The van der Waals surface area contributed by atoms with Crippen LogP contribution in [0.1, 0.15) is 33.6 Å². The summed E-state index contributed by atoms with van der Waals surface area (Å²) in [4.78, 5) is 21.0. The van der Waals surface area contributed by atoms with Crippen LogP contribution in [0.15, 0.2) is 0 Å². The van der Waals surface area contributed by atoms with E-state index in [0.29, 0.717) is 13.0 Å². The molecule has 0 atom stereocenters. The Labute approximate surface area is 78.6 Å². The van der Waals surface area contributed by atoms with Crippen LogP contribution in [0.25, 0.3) is 0 Å². The van der Waals surface area contributed by atoms with E-state index in [9.17, 15) is 9.59 Å². The SMILES string of the molecule is CCC(C)(C)OC(=O)NCCC=O. The van der Waals surface area contributed by atoms with Crippen molar-refractivity contribution in [1.29, 1.82) is 0 Å². The van der Waals surface area contributed by atoms with E-state index in [2.05, 4.69) is 5.32 Å². The molecule has 0 saturated heterocycles. The number of rotatable bonds is 5. The summed E-state index contributed by atoms with van der Waals surface area (Å²) in [5.74, 6) is 0. The van der Waals surface area contributed by atoms with Gasteiger partial charge < -0.3 is 14.8 Å². The first-order valence-electron chi connectivity index (χ1n) is 4.42. The van der Waals surface area contributed by atoms with E-state index in [4.69, 9.17) is 4.74 Å². The molecule has 0 saturated carbocycles. The van der Waals surface area contributed by atoms with Crippen LogP contribution < -0.4 is 5.32 Å². The van der Waals surface area contributed by atoms with Crippen LogP contribution in [0.5, 0.6) is 0 Å². The maximum Gasteiger partial charge on any atom is 0.407 e. The highest BCUT2D eigenvalue weighted by molar-refractivity contribution is 5.68. The molecule has 0 rings (SSSR count). The van der Waals surface area contributed by atoms with Crippen molar-refractivity contribution in [2.24, 2.45) is 0 Å². The Hall–Kier alpha value is -1.06. The first-order chi connectivity index (χ1) is 6.02. The summed E-state index contributed by atoms with van der Waals surface area (Å²) in [6, 6.07) is 0. The van der Waals surface area contributed by atoms with Crippen molar-refractivity contribution in [2.75, 3.05) is 6.54 Å². The fraction of sp³-hybridized carbons (Fsp3) is 0.778. The first-order valence-corrected chi connectivity index (χ1v) is 4.42. The molecule has 4 nitrogen and oxygen atoms in total. The zero-order valence-electron chi connectivity index (χ0n) is 8.42. The number of alkyl carbamates (subject to hydrolysis) is 1. The van der Waals surface area contributed by atoms with Crippen molar-refractivity contribution in [3.05, 3.63) is 0 Å². The van der Waals surface area contributed by atoms with Gasteiger partial charge in [0.2, 0.25) is 0 Å². The third kappa shape index (κ3) is 6.13. The monoisotopic (exact) mass is 187 g/mol. The predicted molar refractivity (Wildman–Crippen MR) is 49.5 cm³/mol. The number of carbonyl (C=O) groups excluding carboxylic acids is 2. The average molecular weight is 187 g/mol. The van der Waals surface area contributed by atoms with Crippen molar-refractivity contribution in [1.82, 2.24) is 5.32 Å². The molecule has 0 fully saturated rings. The maximum absolute atomic E-state index is 11.0. The fourth-order valence-corrected chi connectivity index (χ4v) is 0.592. The number of ether oxygens (including phenoxy) is 1. The molecule has 0 spiro atoms. The summed E-state index contributed by atoms with van der Waals surface area (Å²) in [6.07, 6.45) is 1.37. The van der Waals surface area contributed by atoms with Gasteiger partial charge in [-0.1, -0.05) is 6.92 Å². The molecule has 0 unspecified atom stereocenters. The van der Waals surface area contributed by atoms with Gasteiger partial charge in [0.25, 0.3) is 0 Å². The molecule has 0 aromatic rings. The minimum absolute atomic E-state index is 0.321. The van der Waals surface area contributed by atoms with Gasteiger partial charge in [0.15, 0.2) is 0 Å². The molecule has 0 heterocycles. The van der Waals surface area contributed by atoms with Gasteiger partial charge in [0.05, 0.1) is 0 Å². The summed E-state index contributed by atoms with van der Waals surface area (Å²) in [6.45, 7) is 5.96. The van der Waals surface area contributed by atoms with E-state index in [-0.39, 0.29) is 0 Å². The molecular weight excluding hydrogens is 170 g/mol. The van der Waals surface area contributed by atoms with E-state index in [1.54, 1.807) is 0 Å². The van der Waals surface area contributed by atoms with Crippen molar-refractivity contribution >= 4 is 12.4 Å². The van der Waals surface area contributed by atoms with Crippen molar-refractivity contribution in [3.63, 3.8) is 0 Å². The summed E-state index contributed by atoms with van der Waals surface area (Å²) in [5.41, 5.74) is -0.439. The van der Waals surface area contributed by atoms with Gasteiger partial charge in [0, 0.05) is 13.0 Å². The van der Waals surface area contributed by atoms with E-state index < -0.39 is 11.7 Å². The highest BCUT2D eigenvalue weighted by Gasteiger charge is 2.19. The molecule has 0 aliphatic carbocycles. The molecule has 0 radical (unpaired) electrons. The Bertz CT molecular complexity index is 178. The number of nitrogens with one attached hydrogen (secondary N) is 1. The van der Waals surface area contributed by atoms with Crippen LogP contribution in [0.3, 0.4) is 0 Å². The summed E-state index contributed by atoms with van der Waals surface area (Å²) >= 11 is 0. The lowest BCUT2D eigenvalue weighted by molar-refractivity contribution is -0.107. The zero-order chi connectivity index (χ0) is 10.3. The topological polar surface area (TPSA) is 55.4 Å². The van der Waals surface area contributed by atoms with E-state index in [0.717, 1.165) is 12.7 Å². The highest BCUT2D eigenvalue weighted by Crippen LogP contribution is 2.12. The summed E-state index contributed by atoms with van der Waals surface area (Å²) < 4.78 is 5.07. The fourth-order valence-electron chi connectivity index (χ4n) is 0.592. The number of hydrogen-bond acceptors (Lipinski definition) is 3. The molecule has 0 aromatic carbocycles. The second-order valence-corrected chi connectivity index (χ2v) is 3.38. The van der Waals surface area contributed by atoms with Gasteiger partial charge in [-0.2, -0.15) is 0 Å². The van der Waals surface area contributed by atoms with Gasteiger partial charge >= 0.3 is 6.09 Å². The van der Waals surface area contributed by atoms with Crippen LogP contribution in [-0.2, 0) is 9.53 Å². The molecule has 76 valence electrons. The maximum atomic E-state index is 11.0. The number of amides is 1. The zero-order valence-corrected chi connectivity index (χ0v) is 8.42. The van der Waals surface area contributed by atoms with E-state index in [1.807, 2.05) is 20.8 Å². The van der Waals surface area contributed by atoms with Gasteiger partial charge in [0.1, 0.15) is 11.9 Å². The van der Waals surface area contributed by atoms with Crippen LogP contribution in [-0.4, -0.2) is 24.5 Å². The Morgan fingerprint density at radius 3 is 2.62 bits per heavy atom. The van der Waals surface area contributed by atoms with Gasteiger partial charge in [-0.15, -0.1) is 0 Å². The largest absolute Gasteiger partial charge is 0.444 e. The minimum Gasteiger partial charge on any atom is -0.444 e. The highest BCUT2D eigenvalue weighted by atomic mass is 16.6. The van der Waals surface area contributed by atoms with E-state index >= 15 is 0 Å². The lowest BCUT2D eigenvalue weighted by Crippen LogP contribution is -2.34. The van der Waals surface area contributed by atoms with Crippen LogP contribution in [0.2, 0.25) is 0 Å². The predicted octanol–water partition coefficient (Wildman–Crippen LogP) is 1.49. The van der Waals surface area contributed by atoms with Crippen molar-refractivity contribution < 1.29 is 14.3 Å². The molecule has 1 amide bonds. The third-order valence-electron chi connectivity index (χ3n) is 1.75. The quantitative estimate of drug-likeness (QED) is 0.524. The van der Waals surface area contributed by atoms with Crippen molar-refractivity contribution in [3.8, 4) is 0 Å². The molecule has 0 aromatic heterocycles. The molecule has 13 heavy (non-hydrogen) atoms. The first kappa shape index (κ1) is 11.9. The second-order valence-electron chi connectivity index (χ2n) is 3.38. The lowest BCUT2D eigenvalue weighted by Gasteiger charge is -2.23. The molecular formula is C9H17NO3. The van der Waals surface area contributed by atoms with Gasteiger partial charge in [-0.25, -0.2) is 4.79 Å². The number of carbonyl (C=O) groups is 2. The summed E-state index contributed by atoms with van der Waals surface area (Å²) in [7, 11) is 0. The lowest BCUT2D eigenvalue weighted by atomic mass is 10.1. The molecule has 0 aliphatic heterocycles. The molecule has 4 heteroatoms. The average Bonchev–Trinajstić information content (AvgIpc) is 2.04. The Balaban J connectivity index is 3.67. The molecule has 1 N–H and O–H groups in total. The van der Waals surface area contributed by atoms with Gasteiger partial charge in [-0.05, 0) is 20.3 Å². The van der Waals surface area contributed by atoms with Gasteiger partial charge in [-0.3, -0.25) is 0 Å². The second kappa shape index (κ2) is 5.56. The Morgan fingerprint density at radius 1 is 1.54 bits per heavy atom. The number of hydrogen-bond donors (Lipinski definition) is 1. The molecule has 0 bridgehead atoms. The minimum atomic E-state index is -0.464. The van der Waals surface area contributed by atoms with E-state index in [1.165, 1.54) is 0 Å². The van der Waals surface area contributed by atoms with Crippen LogP contribution in [0.4, 0.5) is 4.79 Å². The van der Waals surface area contributed by atoms with Crippen LogP contribution >= 0.6 is 0 Å². The number of aldehydes is 1. The smallest absolute Gasteiger partial charge is 0.407 e. The Kier molecular flexibility index (Phi) is 5.11. The standard InChI is InChI=1S/C9H17NO3/c1-4-9(2,3)13-8(12)10-6-5-7-11/h7H,4-6H2,1-3H3,(H,10,12). The van der Waals surface area contributed by atoms with Crippen LogP contribution in [0, 0.1) is 0 Å². The third-order valence-corrected chi connectivity index (χ3v) is 1.75. The normalized spacial score (nSPS) is 10.7. The molecule has 0 aliphatic rings. The van der Waals surface area contributed by atoms with Crippen molar-refractivity contribution in [2.45, 2.75) is 39.2 Å².